The normalized spacial score (nSPS) is 11.0. The van der Waals surface area contributed by atoms with Crippen LogP contribution in [0, 0.1) is 58.2 Å². The van der Waals surface area contributed by atoms with E-state index in [0.717, 1.165) is 18.5 Å². The Bertz CT molecular complexity index is 1430. The molecular weight excluding hydrogens is 666 g/mol. The Hall–Kier alpha value is -3.59. The molecule has 1 radical (unpaired) electrons. The zero-order valence-electron chi connectivity index (χ0n) is 22.2. The fourth-order valence-electron chi connectivity index (χ4n) is 4.50. The van der Waals surface area contributed by atoms with Crippen LogP contribution >= 0.6 is 0 Å². The van der Waals surface area contributed by atoms with Crippen LogP contribution in [-0.2, 0) is 26.2 Å². The summed E-state index contributed by atoms with van der Waals surface area (Å²) >= 11 is 0. The number of hydrogen-bond acceptors (Lipinski definition) is 0. The molecule has 0 atom stereocenters. The van der Waals surface area contributed by atoms with Gasteiger partial charge in [0.15, 0.2) is 34.9 Å². The van der Waals surface area contributed by atoms with E-state index >= 15 is 0 Å². The summed E-state index contributed by atoms with van der Waals surface area (Å²) in [5, 5.41) is 0. The monoisotopic (exact) mass is 686 g/mol. The van der Waals surface area contributed by atoms with Crippen molar-refractivity contribution >= 4 is 17.2 Å². The average molecular weight is 688 g/mol. The summed E-state index contributed by atoms with van der Waals surface area (Å²) in [6, 6.07) is 22.3. The molecule has 43 heavy (non-hydrogen) atoms. The van der Waals surface area contributed by atoms with Crippen molar-refractivity contribution in [1.29, 1.82) is 0 Å². The third kappa shape index (κ3) is 7.15. The third-order valence-corrected chi connectivity index (χ3v) is 6.40. The first kappa shape index (κ1) is 35.6. The first-order chi connectivity index (χ1) is 20.0. The molecule has 0 N–H and O–H groups in total. The van der Waals surface area contributed by atoms with Gasteiger partial charge in [-0.05, 0) is 13.1 Å². The van der Waals surface area contributed by atoms with Crippen molar-refractivity contribution in [2.45, 2.75) is 13.2 Å². The number of rotatable bonds is 5. The van der Waals surface area contributed by atoms with Gasteiger partial charge in [-0.1, -0.05) is 23.3 Å². The molecule has 0 saturated heterocycles. The fourth-order valence-corrected chi connectivity index (χ4v) is 4.50. The molecule has 0 aliphatic heterocycles. The first-order valence-corrected chi connectivity index (χ1v) is 12.3. The van der Waals surface area contributed by atoms with Gasteiger partial charge in [-0.25, -0.2) is 68.2 Å². The molecule has 0 aliphatic carbocycles. The van der Waals surface area contributed by atoms with Gasteiger partial charge in [-0.15, -0.1) is 12.1 Å². The van der Waals surface area contributed by atoms with Gasteiger partial charge in [0.2, 0.25) is 0 Å². The Labute approximate surface area is 259 Å². The smallest absolute Gasteiger partial charge is 0.540 e. The van der Waals surface area contributed by atoms with Gasteiger partial charge in [0, 0.05) is 6.20 Å². The quantitative estimate of drug-likeness (QED) is 0.0465. The van der Waals surface area contributed by atoms with Gasteiger partial charge in [-0.3, -0.25) is 0 Å². The number of aromatic nitrogens is 1. The molecule has 5 rings (SSSR count). The Kier molecular flexibility index (Phi) is 13.0. The van der Waals surface area contributed by atoms with Crippen LogP contribution in [0.15, 0.2) is 97.3 Å². The van der Waals surface area contributed by atoms with Crippen LogP contribution in [0.3, 0.4) is 0 Å². The van der Waals surface area contributed by atoms with Gasteiger partial charge in [0.25, 0.3) is 0 Å². The molecule has 0 bridgehead atoms. The van der Waals surface area contributed by atoms with Crippen LogP contribution in [0.5, 0.6) is 0 Å². The van der Waals surface area contributed by atoms with Crippen molar-refractivity contribution in [3.05, 3.63) is 156 Å². The van der Waals surface area contributed by atoms with Crippen LogP contribution in [0.1, 0.15) is 6.92 Å². The van der Waals surface area contributed by atoms with Crippen molar-refractivity contribution < 1.29 is 74.6 Å². The Morgan fingerprint density at radius 3 is 1.16 bits per heavy atom. The average Bonchev–Trinajstić information content (AvgIpc) is 3.81. The molecule has 223 valence electrons. The summed E-state index contributed by atoms with van der Waals surface area (Å²) < 4.78 is 144. The van der Waals surface area contributed by atoms with Crippen molar-refractivity contribution in [2.75, 3.05) is 0 Å². The summed E-state index contributed by atoms with van der Waals surface area (Å²) in [4.78, 5) is 0. The van der Waals surface area contributed by atoms with E-state index in [4.69, 9.17) is 0 Å². The predicted molar refractivity (Wildman–Crippen MR) is 139 cm³/mol. The maximum atomic E-state index is 14.9. The van der Waals surface area contributed by atoms with E-state index in [0.29, 0.717) is 4.48 Å². The van der Waals surface area contributed by atoms with Crippen molar-refractivity contribution in [3.8, 4) is 0 Å². The summed E-state index contributed by atoms with van der Waals surface area (Å²) in [6.45, 7) is 1.35. The molecule has 4 aromatic carbocycles. The van der Waals surface area contributed by atoms with Crippen LogP contribution in [-0.4, -0.2) is 6.28 Å². The molecular formula is C30H21BF10NZr. The van der Waals surface area contributed by atoms with Gasteiger partial charge < -0.3 is 4.48 Å². The van der Waals surface area contributed by atoms with E-state index in [1.54, 1.807) is 0 Å². The van der Waals surface area contributed by atoms with E-state index in [1.165, 1.54) is 25.1 Å². The minimum atomic E-state index is -4.04. The number of hydrogen-bond donors (Lipinski definition) is 0. The first-order valence-electron chi connectivity index (χ1n) is 12.3. The molecule has 0 saturated carbocycles. The van der Waals surface area contributed by atoms with Gasteiger partial charge >= 0.3 is 32.5 Å². The van der Waals surface area contributed by atoms with E-state index < -0.39 is 81.7 Å². The molecule has 0 fully saturated rings. The Morgan fingerprint density at radius 1 is 0.558 bits per heavy atom. The topological polar surface area (TPSA) is 3.88 Å². The van der Waals surface area contributed by atoms with Crippen LogP contribution < -0.4 is 15.4 Å². The van der Waals surface area contributed by atoms with Crippen LogP contribution in [0.25, 0.3) is 0 Å². The molecule has 0 aliphatic rings. The van der Waals surface area contributed by atoms with Crippen molar-refractivity contribution in [1.82, 2.24) is 0 Å². The number of benzene rings is 2. The number of allylic oxidation sites excluding steroid dienone is 2. The zero-order valence-corrected chi connectivity index (χ0v) is 24.7. The number of halogens is 10. The molecule has 0 unspecified atom stereocenters. The summed E-state index contributed by atoms with van der Waals surface area (Å²) in [5.41, 5.74) is -3.47. The van der Waals surface area contributed by atoms with Crippen LogP contribution in [0.2, 0.25) is 6.32 Å². The standard InChI is InChI=1S/C20H11BF10N.2C5H5.Zr/c1-2-3-6-21(32-7-4-5-8-32,9-11(22)15(26)19(30)16(27)12(9)23)10-13(24)17(28)20(31)18(29)14(10)25;2*1-2-4-5-3-1;/h2-5,7-8H,6H2,1H3;2*1-5H;/q3*-1;+3. The van der Waals surface area contributed by atoms with E-state index in [2.05, 4.69) is 0 Å². The molecule has 1 heterocycles. The second-order valence-electron chi connectivity index (χ2n) is 8.82. The molecule has 1 aromatic heterocycles. The van der Waals surface area contributed by atoms with E-state index in [9.17, 15) is 43.9 Å². The second kappa shape index (κ2) is 15.8. The second-order valence-corrected chi connectivity index (χ2v) is 8.82. The molecule has 5 aromatic rings. The molecule has 13 heteroatoms. The molecule has 0 spiro atoms. The van der Waals surface area contributed by atoms with Crippen molar-refractivity contribution in [3.63, 3.8) is 0 Å². The summed E-state index contributed by atoms with van der Waals surface area (Å²) in [7, 11) is 0. The zero-order chi connectivity index (χ0) is 31.0. The Morgan fingerprint density at radius 2 is 0.907 bits per heavy atom. The fraction of sp³-hybridized carbons (Fsp3) is 0.0667. The SMILES string of the molecule is CC=CC[B-](c1c(F)c(F)c(F)c(F)c1F)(c1c(F)c(F)c(F)c(F)c1F)[n+]1ccc[cH-]1.[Zr+3].c1cc[cH-]c1.c1cc[cH-]c1. The number of nitrogens with zero attached hydrogens (tertiary/aromatic N) is 1. The largest absolute Gasteiger partial charge is 3.00 e. The van der Waals surface area contributed by atoms with Gasteiger partial charge in [0.1, 0.15) is 23.3 Å². The molecule has 0 amide bonds. The van der Waals surface area contributed by atoms with Crippen LogP contribution in [0.4, 0.5) is 43.9 Å². The van der Waals surface area contributed by atoms with Gasteiger partial charge in [-0.2, -0.15) is 42.5 Å². The minimum Gasteiger partial charge on any atom is -0.540 e. The minimum absolute atomic E-state index is 0. The molecule has 1 nitrogen and oxygen atoms in total. The summed E-state index contributed by atoms with van der Waals surface area (Å²) in [5.74, 6) is -24.8. The summed E-state index contributed by atoms with van der Waals surface area (Å²) in [6.07, 6.45) is -0.799. The third-order valence-electron chi connectivity index (χ3n) is 6.40. The van der Waals surface area contributed by atoms with Crippen molar-refractivity contribution in [2.24, 2.45) is 0 Å². The maximum absolute atomic E-state index is 14.9. The maximum Gasteiger partial charge on any atom is 3.00 e. The van der Waals surface area contributed by atoms with E-state index in [1.807, 2.05) is 60.7 Å². The van der Waals surface area contributed by atoms with E-state index in [-0.39, 0.29) is 26.2 Å². The van der Waals surface area contributed by atoms with Gasteiger partial charge in [0.05, 0.1) is 0 Å². The predicted octanol–water partition coefficient (Wildman–Crippen LogP) is 7.08. The Balaban J connectivity index is 0.000000492.